The molecule has 118 valence electrons. The fraction of sp³-hybridized carbons (Fsp3) is 0.0667. The Kier molecular flexibility index (Phi) is 4.06. The quantitative estimate of drug-likeness (QED) is 0.781. The lowest BCUT2D eigenvalue weighted by atomic mass is 10.1. The summed E-state index contributed by atoms with van der Waals surface area (Å²) in [5.74, 6) is -0.641. The normalized spacial score (nSPS) is 11.5. The molecule has 0 saturated carbocycles. The number of aromatic nitrogens is 2. The highest BCUT2D eigenvalue weighted by Crippen LogP contribution is 2.22. The number of carbonyl (C=O) groups excluding carboxylic acids is 1. The third-order valence-electron chi connectivity index (χ3n) is 3.16. The number of hydrogen-bond donors (Lipinski definition) is 1. The van der Waals surface area contributed by atoms with Crippen molar-refractivity contribution in [2.75, 3.05) is 0 Å². The van der Waals surface area contributed by atoms with Gasteiger partial charge in [-0.3, -0.25) is 9.20 Å². The van der Waals surface area contributed by atoms with E-state index in [0.29, 0.717) is 11.2 Å². The van der Waals surface area contributed by atoms with E-state index >= 15 is 0 Å². The van der Waals surface area contributed by atoms with Gasteiger partial charge in [0.15, 0.2) is 10.2 Å². The number of hydrogen-bond acceptors (Lipinski definition) is 4. The van der Waals surface area contributed by atoms with Gasteiger partial charge in [-0.05, 0) is 17.7 Å². The molecule has 8 heteroatoms. The van der Waals surface area contributed by atoms with Gasteiger partial charge in [-0.2, -0.15) is 8.42 Å². The van der Waals surface area contributed by atoms with Crippen LogP contribution in [0.4, 0.5) is 0 Å². The maximum atomic E-state index is 12.5. The molecule has 0 atom stereocenters. The van der Waals surface area contributed by atoms with Crippen LogP contribution in [0, 0.1) is 0 Å². The molecule has 0 bridgehead atoms. The molecular weight excluding hydrogens is 338 g/mol. The smallest absolute Gasteiger partial charge is 0.283 e. The van der Waals surface area contributed by atoms with Crippen LogP contribution in [0.3, 0.4) is 0 Å². The molecule has 6 nitrogen and oxygen atoms in total. The first-order valence-corrected chi connectivity index (χ1v) is 8.55. The second-order valence-electron chi connectivity index (χ2n) is 4.83. The summed E-state index contributed by atoms with van der Waals surface area (Å²) in [6.07, 6.45) is 1.47. The van der Waals surface area contributed by atoms with E-state index in [0.717, 1.165) is 0 Å². The van der Waals surface area contributed by atoms with Crippen molar-refractivity contribution < 1.29 is 13.2 Å². The Hall–Kier alpha value is -2.38. The summed E-state index contributed by atoms with van der Waals surface area (Å²) in [5.41, 5.74) is 1.10. The molecule has 3 aromatic rings. The predicted molar refractivity (Wildman–Crippen MR) is 85.7 cm³/mol. The van der Waals surface area contributed by atoms with Crippen LogP contribution in [0.1, 0.15) is 5.56 Å². The summed E-state index contributed by atoms with van der Waals surface area (Å²) in [5, 5.41) is -0.438. The zero-order chi connectivity index (χ0) is 16.4. The van der Waals surface area contributed by atoms with Crippen molar-refractivity contribution in [2.24, 2.45) is 0 Å². The first kappa shape index (κ1) is 15.5. The fourth-order valence-corrected chi connectivity index (χ4v) is 3.83. The van der Waals surface area contributed by atoms with Crippen molar-refractivity contribution in [1.82, 2.24) is 14.1 Å². The Morgan fingerprint density at radius 2 is 1.83 bits per heavy atom. The summed E-state index contributed by atoms with van der Waals surface area (Å²) in [4.78, 5) is 16.0. The van der Waals surface area contributed by atoms with Gasteiger partial charge in [0.05, 0.1) is 6.42 Å². The minimum Gasteiger partial charge on any atom is -0.288 e. The van der Waals surface area contributed by atoms with E-state index in [1.54, 1.807) is 42.5 Å². The van der Waals surface area contributed by atoms with E-state index in [2.05, 4.69) is 4.98 Å². The van der Waals surface area contributed by atoms with Gasteiger partial charge in [0.1, 0.15) is 5.65 Å². The zero-order valence-corrected chi connectivity index (χ0v) is 13.4. The molecule has 1 amide bonds. The third-order valence-corrected chi connectivity index (χ3v) is 4.93. The minimum atomic E-state index is -4.12. The summed E-state index contributed by atoms with van der Waals surface area (Å²) < 4.78 is 28.3. The molecule has 2 heterocycles. The number of imidazole rings is 1. The van der Waals surface area contributed by atoms with Crippen LogP contribution in [0.25, 0.3) is 5.65 Å². The van der Waals surface area contributed by atoms with E-state index in [1.165, 1.54) is 10.6 Å². The molecule has 0 aliphatic heterocycles. The van der Waals surface area contributed by atoms with Crippen LogP contribution in [-0.4, -0.2) is 23.7 Å². The van der Waals surface area contributed by atoms with Crippen LogP contribution in [0.2, 0.25) is 5.15 Å². The molecule has 3 rings (SSSR count). The van der Waals surface area contributed by atoms with Crippen molar-refractivity contribution in [3.8, 4) is 0 Å². The Balaban J connectivity index is 1.89. The number of rotatable bonds is 4. The predicted octanol–water partition coefficient (Wildman–Crippen LogP) is 2.04. The van der Waals surface area contributed by atoms with Crippen molar-refractivity contribution >= 4 is 33.2 Å². The molecule has 0 aliphatic rings. The second-order valence-corrected chi connectivity index (χ2v) is 6.78. The molecule has 0 spiro atoms. The summed E-state index contributed by atoms with van der Waals surface area (Å²) in [6.45, 7) is 0. The number of nitrogens with one attached hydrogen (secondary N) is 1. The number of halogens is 1. The molecule has 0 radical (unpaired) electrons. The lowest BCUT2D eigenvalue weighted by Crippen LogP contribution is -2.32. The van der Waals surface area contributed by atoms with Gasteiger partial charge >= 0.3 is 0 Å². The Morgan fingerprint density at radius 1 is 1.13 bits per heavy atom. The molecule has 0 unspecified atom stereocenters. The highest BCUT2D eigenvalue weighted by molar-refractivity contribution is 7.90. The molecule has 2 aromatic heterocycles. The van der Waals surface area contributed by atoms with Gasteiger partial charge in [-0.25, -0.2) is 9.71 Å². The van der Waals surface area contributed by atoms with E-state index < -0.39 is 15.9 Å². The van der Waals surface area contributed by atoms with Crippen LogP contribution in [0.15, 0.2) is 59.8 Å². The minimum absolute atomic E-state index is 0.0472. The van der Waals surface area contributed by atoms with Crippen LogP contribution < -0.4 is 4.72 Å². The Morgan fingerprint density at radius 3 is 2.57 bits per heavy atom. The molecule has 0 saturated heterocycles. The second kappa shape index (κ2) is 6.02. The number of pyridine rings is 1. The van der Waals surface area contributed by atoms with Crippen molar-refractivity contribution in [1.29, 1.82) is 0 Å². The van der Waals surface area contributed by atoms with Crippen molar-refractivity contribution in [3.05, 3.63) is 65.4 Å². The number of nitrogens with zero attached hydrogens (tertiary/aromatic N) is 2. The molecule has 1 N–H and O–H groups in total. The lowest BCUT2D eigenvalue weighted by Gasteiger charge is -2.07. The number of benzene rings is 1. The maximum Gasteiger partial charge on any atom is 0.283 e. The van der Waals surface area contributed by atoms with E-state index in [-0.39, 0.29) is 16.6 Å². The summed E-state index contributed by atoms with van der Waals surface area (Å²) >= 11 is 5.93. The first-order valence-electron chi connectivity index (χ1n) is 6.69. The van der Waals surface area contributed by atoms with Gasteiger partial charge in [0.25, 0.3) is 10.0 Å². The van der Waals surface area contributed by atoms with E-state index in [9.17, 15) is 13.2 Å². The summed E-state index contributed by atoms with van der Waals surface area (Å²) in [7, 11) is -4.12. The topological polar surface area (TPSA) is 80.5 Å². The van der Waals surface area contributed by atoms with Gasteiger partial charge in [0, 0.05) is 6.20 Å². The highest BCUT2D eigenvalue weighted by Gasteiger charge is 2.26. The average Bonchev–Trinajstić information content (AvgIpc) is 2.84. The average molecular weight is 350 g/mol. The third kappa shape index (κ3) is 3.20. The zero-order valence-electron chi connectivity index (χ0n) is 11.8. The van der Waals surface area contributed by atoms with Gasteiger partial charge < -0.3 is 0 Å². The van der Waals surface area contributed by atoms with Gasteiger partial charge in [0.2, 0.25) is 5.91 Å². The first-order chi connectivity index (χ1) is 11.0. The highest BCUT2D eigenvalue weighted by atomic mass is 35.5. The van der Waals surface area contributed by atoms with Gasteiger partial charge in [-0.15, -0.1) is 0 Å². The fourth-order valence-electron chi connectivity index (χ4n) is 2.20. The Bertz CT molecular complexity index is 968. The monoisotopic (exact) mass is 349 g/mol. The number of carbonyl (C=O) groups is 1. The number of amides is 1. The molecule has 0 fully saturated rings. The largest absolute Gasteiger partial charge is 0.288 e. The lowest BCUT2D eigenvalue weighted by molar-refractivity contribution is -0.118. The molecule has 0 aliphatic carbocycles. The van der Waals surface area contributed by atoms with E-state index in [1.807, 2.05) is 10.8 Å². The standard InChI is InChI=1S/C15H12ClN3O3S/c16-14-15(19-9-5-4-8-12(19)17-14)23(21,22)18-13(20)10-11-6-2-1-3-7-11/h1-9H,10H2,(H,18,20). The van der Waals surface area contributed by atoms with Crippen LogP contribution >= 0.6 is 11.6 Å². The number of sulfonamides is 1. The Labute approximate surface area is 137 Å². The van der Waals surface area contributed by atoms with Crippen molar-refractivity contribution in [2.45, 2.75) is 11.4 Å². The van der Waals surface area contributed by atoms with Gasteiger partial charge in [-0.1, -0.05) is 48.0 Å². The van der Waals surface area contributed by atoms with Crippen LogP contribution in [-0.2, 0) is 21.2 Å². The molecule has 1 aromatic carbocycles. The number of fused-ring (bicyclic) bond motifs is 1. The molecule has 23 heavy (non-hydrogen) atoms. The van der Waals surface area contributed by atoms with E-state index in [4.69, 9.17) is 11.6 Å². The maximum absolute atomic E-state index is 12.5. The van der Waals surface area contributed by atoms with Crippen molar-refractivity contribution in [3.63, 3.8) is 0 Å². The SMILES string of the molecule is O=C(Cc1ccccc1)NS(=O)(=O)c1c(Cl)nc2ccccn12. The summed E-state index contributed by atoms with van der Waals surface area (Å²) in [6, 6.07) is 13.8. The molecular formula is C15H12ClN3O3S. The van der Waals surface area contributed by atoms with Crippen LogP contribution in [0.5, 0.6) is 0 Å².